The van der Waals surface area contributed by atoms with Gasteiger partial charge in [0.2, 0.25) is 0 Å². The van der Waals surface area contributed by atoms with Crippen molar-refractivity contribution in [1.82, 2.24) is 10.5 Å². The topological polar surface area (TPSA) is 90.7 Å². The third-order valence-corrected chi connectivity index (χ3v) is 3.54. The Kier molecular flexibility index (Phi) is 6.19. The van der Waals surface area contributed by atoms with E-state index < -0.39 is 11.9 Å². The van der Waals surface area contributed by atoms with Crippen molar-refractivity contribution in [2.24, 2.45) is 0 Å². The number of esters is 1. The number of para-hydroxylation sites is 1. The highest BCUT2D eigenvalue weighted by molar-refractivity contribution is 5.82. The maximum Gasteiger partial charge on any atom is 0.325 e. The lowest BCUT2D eigenvalue weighted by molar-refractivity contribution is -0.145. The zero-order chi connectivity index (χ0) is 18.9. The van der Waals surface area contributed by atoms with Crippen molar-refractivity contribution in [2.75, 3.05) is 13.2 Å². The minimum absolute atomic E-state index is 0.0362. The molecule has 138 valence electrons. The van der Waals surface area contributed by atoms with Crippen LogP contribution < -0.4 is 10.1 Å². The lowest BCUT2D eigenvalue weighted by atomic mass is 10.2. The average Bonchev–Trinajstić information content (AvgIpc) is 3.20. The number of ether oxygens (including phenoxy) is 2. The van der Waals surface area contributed by atoms with E-state index in [-0.39, 0.29) is 19.8 Å². The summed E-state index contributed by atoms with van der Waals surface area (Å²) >= 11 is 0. The molecule has 0 aliphatic rings. The van der Waals surface area contributed by atoms with E-state index >= 15 is 0 Å². The molecule has 7 nitrogen and oxygen atoms in total. The van der Waals surface area contributed by atoms with Gasteiger partial charge in [-0.2, -0.15) is 0 Å². The van der Waals surface area contributed by atoms with E-state index in [0.717, 1.165) is 5.56 Å². The summed E-state index contributed by atoms with van der Waals surface area (Å²) in [5.41, 5.74) is 1.37. The van der Waals surface area contributed by atoms with Gasteiger partial charge in [0.1, 0.15) is 24.6 Å². The van der Waals surface area contributed by atoms with Crippen LogP contribution in [0.2, 0.25) is 0 Å². The zero-order valence-corrected chi connectivity index (χ0v) is 14.5. The first-order valence-corrected chi connectivity index (χ1v) is 8.32. The van der Waals surface area contributed by atoms with E-state index in [4.69, 9.17) is 14.0 Å². The zero-order valence-electron chi connectivity index (χ0n) is 14.5. The molecule has 0 aliphatic carbocycles. The van der Waals surface area contributed by atoms with E-state index in [1.165, 1.54) is 0 Å². The van der Waals surface area contributed by atoms with Gasteiger partial charge in [-0.25, -0.2) is 0 Å². The van der Waals surface area contributed by atoms with E-state index in [1.54, 1.807) is 30.3 Å². The molecule has 3 aromatic rings. The Morgan fingerprint density at radius 3 is 2.44 bits per heavy atom. The van der Waals surface area contributed by atoms with Crippen LogP contribution in [-0.4, -0.2) is 30.2 Å². The van der Waals surface area contributed by atoms with Crippen LogP contribution in [0.1, 0.15) is 5.69 Å². The number of nitrogens with one attached hydrogen (secondary N) is 1. The number of nitrogens with zero attached hydrogens (tertiary/aromatic N) is 1. The van der Waals surface area contributed by atoms with Gasteiger partial charge in [0.15, 0.2) is 12.4 Å². The summed E-state index contributed by atoms with van der Waals surface area (Å²) in [5, 5.41) is 6.30. The lowest BCUT2D eigenvalue weighted by Crippen LogP contribution is -2.34. The predicted molar refractivity (Wildman–Crippen MR) is 96.7 cm³/mol. The van der Waals surface area contributed by atoms with Gasteiger partial charge in [0.25, 0.3) is 5.91 Å². The number of hydrogen-bond donors (Lipinski definition) is 1. The number of aromatic nitrogens is 1. The van der Waals surface area contributed by atoms with Crippen LogP contribution in [0.25, 0.3) is 11.3 Å². The van der Waals surface area contributed by atoms with Crippen molar-refractivity contribution in [3.05, 3.63) is 72.4 Å². The van der Waals surface area contributed by atoms with Crippen LogP contribution >= 0.6 is 0 Å². The number of carbonyl (C=O) groups is 2. The number of benzene rings is 2. The molecular weight excluding hydrogens is 348 g/mol. The van der Waals surface area contributed by atoms with Crippen molar-refractivity contribution in [1.29, 1.82) is 0 Å². The predicted octanol–water partition coefficient (Wildman–Crippen LogP) is 2.58. The van der Waals surface area contributed by atoms with Crippen molar-refractivity contribution in [2.45, 2.75) is 6.61 Å². The molecule has 0 radical (unpaired) electrons. The standard InChI is InChI=1S/C20H18N2O5/c23-19(14-25-17-9-5-2-6-10-17)21-12-20(24)26-13-16-11-18(27-22-16)15-7-3-1-4-8-15/h1-11H,12-14H2,(H,21,23). The molecule has 1 aromatic heterocycles. The summed E-state index contributed by atoms with van der Waals surface area (Å²) in [4.78, 5) is 23.4. The Bertz CT molecular complexity index is 878. The maximum atomic E-state index is 11.7. The summed E-state index contributed by atoms with van der Waals surface area (Å²) in [6.45, 7) is -0.465. The fourth-order valence-corrected chi connectivity index (χ4v) is 2.21. The van der Waals surface area contributed by atoms with Crippen LogP contribution in [0, 0.1) is 0 Å². The molecule has 1 amide bonds. The molecule has 1 N–H and O–H groups in total. The summed E-state index contributed by atoms with van der Waals surface area (Å²) in [6, 6.07) is 20.1. The number of hydrogen-bond acceptors (Lipinski definition) is 6. The number of rotatable bonds is 8. The van der Waals surface area contributed by atoms with E-state index in [9.17, 15) is 9.59 Å². The minimum atomic E-state index is -0.577. The molecule has 2 aromatic carbocycles. The normalized spacial score (nSPS) is 10.2. The van der Waals surface area contributed by atoms with Crippen LogP contribution in [-0.2, 0) is 20.9 Å². The van der Waals surface area contributed by atoms with Gasteiger partial charge in [0, 0.05) is 11.6 Å². The summed E-state index contributed by atoms with van der Waals surface area (Å²) in [7, 11) is 0. The molecule has 27 heavy (non-hydrogen) atoms. The van der Waals surface area contributed by atoms with Gasteiger partial charge >= 0.3 is 5.97 Å². The maximum absolute atomic E-state index is 11.7. The summed E-state index contributed by atoms with van der Waals surface area (Å²) in [5.74, 6) is 0.180. The van der Waals surface area contributed by atoms with Crippen LogP contribution in [0.15, 0.2) is 71.3 Å². The first-order valence-electron chi connectivity index (χ1n) is 8.32. The molecule has 0 bridgehead atoms. The van der Waals surface area contributed by atoms with Crippen LogP contribution in [0.4, 0.5) is 0 Å². The summed E-state index contributed by atoms with van der Waals surface area (Å²) in [6.07, 6.45) is 0. The molecule has 0 atom stereocenters. The highest BCUT2D eigenvalue weighted by atomic mass is 16.5. The van der Waals surface area contributed by atoms with Crippen LogP contribution in [0.5, 0.6) is 5.75 Å². The van der Waals surface area contributed by atoms with Crippen molar-refractivity contribution in [3.8, 4) is 17.1 Å². The number of amides is 1. The molecule has 7 heteroatoms. The average molecular weight is 366 g/mol. The molecule has 0 aliphatic heterocycles. The SMILES string of the molecule is O=C(COc1ccccc1)NCC(=O)OCc1cc(-c2ccccc2)on1. The first-order chi connectivity index (χ1) is 13.2. The molecule has 0 saturated heterocycles. The molecule has 0 saturated carbocycles. The van der Waals surface area contributed by atoms with Crippen molar-refractivity contribution in [3.63, 3.8) is 0 Å². The summed E-state index contributed by atoms with van der Waals surface area (Å²) < 4.78 is 15.6. The lowest BCUT2D eigenvalue weighted by Gasteiger charge is -2.07. The molecule has 3 rings (SSSR count). The Hall–Kier alpha value is -3.61. The van der Waals surface area contributed by atoms with Crippen molar-refractivity contribution >= 4 is 11.9 Å². The Balaban J connectivity index is 1.37. The third kappa shape index (κ3) is 5.71. The molecular formula is C20H18N2O5. The second-order valence-corrected chi connectivity index (χ2v) is 5.59. The number of carbonyl (C=O) groups excluding carboxylic acids is 2. The van der Waals surface area contributed by atoms with E-state index in [0.29, 0.717) is 17.2 Å². The largest absolute Gasteiger partial charge is 0.484 e. The fourth-order valence-electron chi connectivity index (χ4n) is 2.21. The minimum Gasteiger partial charge on any atom is -0.484 e. The van der Waals surface area contributed by atoms with Gasteiger partial charge in [-0.15, -0.1) is 0 Å². The van der Waals surface area contributed by atoms with Gasteiger partial charge in [-0.3, -0.25) is 9.59 Å². The molecule has 0 unspecified atom stereocenters. The van der Waals surface area contributed by atoms with E-state index in [1.807, 2.05) is 36.4 Å². The third-order valence-electron chi connectivity index (χ3n) is 3.54. The smallest absolute Gasteiger partial charge is 0.325 e. The quantitative estimate of drug-likeness (QED) is 0.616. The Morgan fingerprint density at radius 2 is 1.70 bits per heavy atom. The van der Waals surface area contributed by atoms with Crippen LogP contribution in [0.3, 0.4) is 0 Å². The molecule has 1 heterocycles. The van der Waals surface area contributed by atoms with E-state index in [2.05, 4.69) is 10.5 Å². The molecule has 0 spiro atoms. The Labute approximate surface area is 155 Å². The Morgan fingerprint density at radius 1 is 1.00 bits per heavy atom. The second kappa shape index (κ2) is 9.19. The van der Waals surface area contributed by atoms with Gasteiger partial charge in [0.05, 0.1) is 0 Å². The molecule has 0 fully saturated rings. The van der Waals surface area contributed by atoms with Gasteiger partial charge in [-0.1, -0.05) is 53.7 Å². The van der Waals surface area contributed by atoms with Gasteiger partial charge < -0.3 is 19.3 Å². The fraction of sp³-hybridized carbons (Fsp3) is 0.150. The van der Waals surface area contributed by atoms with Gasteiger partial charge in [-0.05, 0) is 12.1 Å². The highest BCUT2D eigenvalue weighted by Gasteiger charge is 2.11. The first kappa shape index (κ1) is 18.2. The monoisotopic (exact) mass is 366 g/mol. The van der Waals surface area contributed by atoms with Crippen molar-refractivity contribution < 1.29 is 23.6 Å². The highest BCUT2D eigenvalue weighted by Crippen LogP contribution is 2.19. The second-order valence-electron chi connectivity index (χ2n) is 5.59.